The van der Waals surface area contributed by atoms with Gasteiger partial charge in [0.05, 0.1) is 23.1 Å². The molecule has 0 bridgehead atoms. The van der Waals surface area contributed by atoms with Crippen LogP contribution in [0.5, 0.6) is 0 Å². The van der Waals surface area contributed by atoms with Gasteiger partial charge in [-0.15, -0.1) is 0 Å². The van der Waals surface area contributed by atoms with Crippen molar-refractivity contribution < 1.29 is 27.2 Å². The van der Waals surface area contributed by atoms with Gasteiger partial charge in [0, 0.05) is 12.2 Å². The molecule has 7 nitrogen and oxygen atoms in total. The Morgan fingerprint density at radius 1 is 1.10 bits per heavy atom. The van der Waals surface area contributed by atoms with E-state index >= 15 is 0 Å². The first-order valence-electron chi connectivity index (χ1n) is 8.52. The van der Waals surface area contributed by atoms with Gasteiger partial charge in [0.15, 0.2) is 6.29 Å². The largest absolute Gasteiger partial charge is 0.416 e. The minimum Gasteiger partial charge on any atom is -0.378 e. The predicted octanol–water partition coefficient (Wildman–Crippen LogP) is 4.64. The second kappa shape index (κ2) is 8.64. The number of carbonyl (C=O) groups is 2. The first-order valence-corrected chi connectivity index (χ1v) is 8.52. The Hall–Kier alpha value is -3.89. The third-order valence-corrected chi connectivity index (χ3v) is 4.00. The molecule has 1 heterocycles. The summed E-state index contributed by atoms with van der Waals surface area (Å²) in [4.78, 5) is 22.9. The number of benzene rings is 2. The van der Waals surface area contributed by atoms with Gasteiger partial charge in [-0.3, -0.25) is 9.89 Å². The van der Waals surface area contributed by atoms with Crippen LogP contribution in [0.3, 0.4) is 0 Å². The summed E-state index contributed by atoms with van der Waals surface area (Å²) in [6.07, 6.45) is -2.60. The van der Waals surface area contributed by atoms with E-state index in [1.54, 1.807) is 24.3 Å². The lowest BCUT2D eigenvalue weighted by atomic mass is 10.2. The number of hydrogen-bond donors (Lipinski definition) is 4. The molecule has 0 fully saturated rings. The molecule has 0 spiro atoms. The molecule has 2 aromatic carbocycles. The van der Waals surface area contributed by atoms with Gasteiger partial charge in [0.2, 0.25) is 0 Å². The maximum atomic E-state index is 13.9. The number of aromatic amines is 1. The zero-order valence-corrected chi connectivity index (χ0v) is 15.2. The number of nitrogens with one attached hydrogen (secondary N) is 4. The summed E-state index contributed by atoms with van der Waals surface area (Å²) in [5.74, 6) is -1.20. The third-order valence-electron chi connectivity index (χ3n) is 4.00. The van der Waals surface area contributed by atoms with Crippen LogP contribution in [0.25, 0.3) is 0 Å². The van der Waals surface area contributed by atoms with Gasteiger partial charge < -0.3 is 16.0 Å². The number of urea groups is 1. The molecule has 0 radical (unpaired) electrons. The highest BCUT2D eigenvalue weighted by Gasteiger charge is 2.31. The lowest BCUT2D eigenvalue weighted by molar-refractivity contribution is -0.137. The summed E-state index contributed by atoms with van der Waals surface area (Å²) in [7, 11) is 0. The van der Waals surface area contributed by atoms with E-state index in [0.717, 1.165) is 11.6 Å². The fourth-order valence-corrected chi connectivity index (χ4v) is 2.56. The number of amides is 2. The Balaban J connectivity index is 1.62. The van der Waals surface area contributed by atoms with Crippen molar-refractivity contribution >= 4 is 29.4 Å². The van der Waals surface area contributed by atoms with Crippen LogP contribution in [0.4, 0.5) is 39.4 Å². The third kappa shape index (κ3) is 5.13. The molecule has 0 saturated heterocycles. The summed E-state index contributed by atoms with van der Waals surface area (Å²) in [6.45, 7) is 0.324. The van der Waals surface area contributed by atoms with Crippen molar-refractivity contribution in [1.82, 2.24) is 10.2 Å². The zero-order valence-electron chi connectivity index (χ0n) is 15.2. The number of aromatic nitrogens is 2. The molecule has 4 N–H and O–H groups in total. The highest BCUT2D eigenvalue weighted by Crippen LogP contribution is 2.31. The zero-order chi connectivity index (χ0) is 21.7. The molecule has 2 amide bonds. The number of hydrogen-bond acceptors (Lipinski definition) is 4. The topological polar surface area (TPSA) is 98.9 Å². The Kier molecular flexibility index (Phi) is 6.00. The van der Waals surface area contributed by atoms with Crippen LogP contribution in [0.1, 0.15) is 21.6 Å². The molecule has 0 aliphatic heterocycles. The Bertz CT molecular complexity index is 1070. The molecule has 3 aromatic rings. The van der Waals surface area contributed by atoms with E-state index in [2.05, 4.69) is 26.1 Å². The fraction of sp³-hybridized carbons (Fsp3) is 0.105. The van der Waals surface area contributed by atoms with E-state index in [4.69, 9.17) is 0 Å². The summed E-state index contributed by atoms with van der Waals surface area (Å²) in [6, 6.07) is 7.66. The number of aldehydes is 1. The van der Waals surface area contributed by atoms with Crippen LogP contribution >= 0.6 is 0 Å². The maximum absolute atomic E-state index is 13.9. The van der Waals surface area contributed by atoms with Crippen LogP contribution in [0.2, 0.25) is 0 Å². The fourth-order valence-electron chi connectivity index (χ4n) is 2.56. The van der Waals surface area contributed by atoms with Crippen molar-refractivity contribution in [3.8, 4) is 0 Å². The maximum Gasteiger partial charge on any atom is 0.416 e. The van der Waals surface area contributed by atoms with E-state index in [1.807, 2.05) is 0 Å². The first-order chi connectivity index (χ1) is 14.3. The average molecular weight is 421 g/mol. The van der Waals surface area contributed by atoms with E-state index < -0.39 is 23.6 Å². The van der Waals surface area contributed by atoms with Gasteiger partial charge in [-0.1, -0.05) is 12.1 Å². The van der Waals surface area contributed by atoms with Gasteiger partial charge in [0.1, 0.15) is 11.5 Å². The monoisotopic (exact) mass is 421 g/mol. The molecular weight excluding hydrogens is 406 g/mol. The van der Waals surface area contributed by atoms with Crippen LogP contribution in [0.15, 0.2) is 48.7 Å². The highest BCUT2D eigenvalue weighted by atomic mass is 19.4. The quantitative estimate of drug-likeness (QED) is 0.344. The number of halogens is 4. The lowest BCUT2D eigenvalue weighted by Crippen LogP contribution is -2.20. The van der Waals surface area contributed by atoms with Gasteiger partial charge in [-0.2, -0.15) is 18.3 Å². The number of nitrogens with zero attached hydrogens (tertiary/aromatic N) is 1. The summed E-state index contributed by atoms with van der Waals surface area (Å²) >= 11 is 0. The Labute approximate surface area is 167 Å². The normalized spacial score (nSPS) is 11.1. The van der Waals surface area contributed by atoms with E-state index in [0.29, 0.717) is 42.0 Å². The molecule has 0 unspecified atom stereocenters. The standard InChI is InChI=1S/C19H15F4N5O2/c20-14-7-12(19(21,22)23)4-5-15(14)27-18(30)26-13-3-1-2-11(6-13)8-24-16-9-25-28-17(16)10-29/h1-7,9-10,24H,8H2,(H,25,28)(H2,26,27,30). The smallest absolute Gasteiger partial charge is 0.378 e. The lowest BCUT2D eigenvalue weighted by Gasteiger charge is -2.12. The van der Waals surface area contributed by atoms with Crippen molar-refractivity contribution in [3.05, 3.63) is 71.3 Å². The number of anilines is 3. The minimum absolute atomic E-state index is 0.294. The van der Waals surface area contributed by atoms with Crippen LogP contribution in [-0.4, -0.2) is 22.5 Å². The molecule has 0 aliphatic carbocycles. The molecule has 11 heteroatoms. The predicted molar refractivity (Wildman–Crippen MR) is 102 cm³/mol. The van der Waals surface area contributed by atoms with E-state index in [9.17, 15) is 27.2 Å². The number of H-pyrrole nitrogens is 1. The van der Waals surface area contributed by atoms with E-state index in [1.165, 1.54) is 6.20 Å². The summed E-state index contributed by atoms with van der Waals surface area (Å²) in [5, 5.41) is 13.9. The molecular formula is C19H15F4N5O2. The second-order valence-corrected chi connectivity index (χ2v) is 6.14. The van der Waals surface area contributed by atoms with Crippen molar-refractivity contribution in [2.75, 3.05) is 16.0 Å². The second-order valence-electron chi connectivity index (χ2n) is 6.14. The number of rotatable bonds is 6. The highest BCUT2D eigenvalue weighted by molar-refractivity contribution is 5.99. The molecule has 156 valence electrons. The Morgan fingerprint density at radius 2 is 1.90 bits per heavy atom. The molecule has 0 atom stereocenters. The summed E-state index contributed by atoms with van der Waals surface area (Å²) in [5.41, 5.74) is 0.399. The van der Waals surface area contributed by atoms with Gasteiger partial charge in [-0.25, -0.2) is 9.18 Å². The molecule has 1 aromatic heterocycles. The van der Waals surface area contributed by atoms with Crippen LogP contribution in [-0.2, 0) is 12.7 Å². The van der Waals surface area contributed by atoms with Crippen molar-refractivity contribution in [1.29, 1.82) is 0 Å². The molecule has 3 rings (SSSR count). The van der Waals surface area contributed by atoms with Gasteiger partial charge in [-0.05, 0) is 35.9 Å². The van der Waals surface area contributed by atoms with Crippen molar-refractivity contribution in [2.45, 2.75) is 12.7 Å². The number of carbonyl (C=O) groups excluding carboxylic acids is 2. The molecule has 30 heavy (non-hydrogen) atoms. The average Bonchev–Trinajstić information content (AvgIpc) is 3.15. The van der Waals surface area contributed by atoms with Crippen LogP contribution < -0.4 is 16.0 Å². The molecule has 0 saturated carbocycles. The SMILES string of the molecule is O=Cc1[nH]ncc1NCc1cccc(NC(=O)Nc2ccc(C(F)(F)F)cc2F)c1. The van der Waals surface area contributed by atoms with Crippen LogP contribution in [0, 0.1) is 5.82 Å². The molecule has 0 aliphatic rings. The van der Waals surface area contributed by atoms with Gasteiger partial charge >= 0.3 is 12.2 Å². The van der Waals surface area contributed by atoms with Crippen molar-refractivity contribution in [3.63, 3.8) is 0 Å². The van der Waals surface area contributed by atoms with E-state index in [-0.39, 0.29) is 5.69 Å². The summed E-state index contributed by atoms with van der Waals surface area (Å²) < 4.78 is 51.6. The minimum atomic E-state index is -4.68. The first kappa shape index (κ1) is 20.8. The number of alkyl halides is 3. The van der Waals surface area contributed by atoms with Crippen molar-refractivity contribution in [2.24, 2.45) is 0 Å². The van der Waals surface area contributed by atoms with Gasteiger partial charge in [0.25, 0.3) is 0 Å². The Morgan fingerprint density at radius 3 is 2.60 bits per heavy atom.